The van der Waals surface area contributed by atoms with Gasteiger partial charge in [0.15, 0.2) is 4.80 Å². The van der Waals surface area contributed by atoms with Gasteiger partial charge in [0.25, 0.3) is 5.91 Å². The van der Waals surface area contributed by atoms with Crippen LogP contribution in [0.4, 0.5) is 0 Å². The van der Waals surface area contributed by atoms with Gasteiger partial charge in [-0.3, -0.25) is 4.79 Å². The predicted molar refractivity (Wildman–Crippen MR) is 103 cm³/mol. The Morgan fingerprint density at radius 3 is 2.64 bits per heavy atom. The largest absolute Gasteiger partial charge is 0.494 e. The second kappa shape index (κ2) is 7.85. The maximum Gasteiger partial charge on any atom is 0.279 e. The molecule has 4 nitrogen and oxygen atoms in total. The summed E-state index contributed by atoms with van der Waals surface area (Å²) in [4.78, 5) is 17.6. The van der Waals surface area contributed by atoms with E-state index in [0.717, 1.165) is 28.9 Å². The molecule has 25 heavy (non-hydrogen) atoms. The molecule has 1 amide bonds. The molecule has 1 aromatic heterocycles. The molecule has 1 heterocycles. The Morgan fingerprint density at radius 2 is 1.96 bits per heavy atom. The van der Waals surface area contributed by atoms with Crippen LogP contribution < -0.4 is 9.54 Å². The molecule has 0 aliphatic rings. The number of para-hydroxylation sites is 1. The molecular weight excluding hydrogens is 356 g/mol. The van der Waals surface area contributed by atoms with Crippen LogP contribution in [0.25, 0.3) is 10.2 Å². The number of aromatic nitrogens is 1. The summed E-state index contributed by atoms with van der Waals surface area (Å²) in [6.07, 6.45) is 0.932. The van der Waals surface area contributed by atoms with Crippen molar-refractivity contribution in [2.24, 2.45) is 4.99 Å². The minimum absolute atomic E-state index is 0.268. The fourth-order valence-corrected chi connectivity index (χ4v) is 4.03. The van der Waals surface area contributed by atoms with Gasteiger partial charge in [-0.25, -0.2) is 0 Å². The average molecular weight is 375 g/mol. The van der Waals surface area contributed by atoms with Crippen molar-refractivity contribution in [3.8, 4) is 5.75 Å². The number of aryl methyl sites for hydroxylation is 1. The number of carbonyl (C=O) groups excluding carboxylic acids is 1. The van der Waals surface area contributed by atoms with E-state index in [0.29, 0.717) is 22.0 Å². The Bertz CT molecular complexity index is 958. The lowest BCUT2D eigenvalue weighted by atomic mass is 10.2. The summed E-state index contributed by atoms with van der Waals surface area (Å²) >= 11 is 7.84. The normalized spacial score (nSPS) is 11.9. The fraction of sp³-hybridized carbons (Fsp3) is 0.263. The van der Waals surface area contributed by atoms with Crippen LogP contribution in [-0.2, 0) is 6.54 Å². The lowest BCUT2D eigenvalue weighted by molar-refractivity contribution is 0.0998. The molecule has 2 aromatic carbocycles. The third-order valence-corrected chi connectivity index (χ3v) is 5.06. The number of benzene rings is 2. The van der Waals surface area contributed by atoms with E-state index in [-0.39, 0.29) is 5.91 Å². The summed E-state index contributed by atoms with van der Waals surface area (Å²) in [5, 5.41) is 0.678. The highest BCUT2D eigenvalue weighted by Crippen LogP contribution is 2.25. The van der Waals surface area contributed by atoms with E-state index in [1.54, 1.807) is 24.3 Å². The van der Waals surface area contributed by atoms with Gasteiger partial charge in [-0.2, -0.15) is 4.99 Å². The lowest BCUT2D eigenvalue weighted by Gasteiger charge is -2.04. The number of carbonyl (C=O) groups is 1. The van der Waals surface area contributed by atoms with Crippen LogP contribution >= 0.6 is 22.9 Å². The van der Waals surface area contributed by atoms with Gasteiger partial charge < -0.3 is 9.30 Å². The fourth-order valence-electron chi connectivity index (χ4n) is 2.61. The smallest absolute Gasteiger partial charge is 0.279 e. The molecule has 0 radical (unpaired) electrons. The highest BCUT2D eigenvalue weighted by Gasteiger charge is 2.11. The molecule has 0 spiro atoms. The first-order chi connectivity index (χ1) is 12.1. The summed E-state index contributed by atoms with van der Waals surface area (Å²) in [7, 11) is 0. The third-order valence-electron chi connectivity index (χ3n) is 3.71. The number of amides is 1. The molecule has 3 aromatic rings. The topological polar surface area (TPSA) is 43.6 Å². The SMILES string of the molecule is CCCn1c(=NC(=O)c2ccc(OCC)cc2)sc2cccc(Cl)c21. The van der Waals surface area contributed by atoms with E-state index in [4.69, 9.17) is 16.3 Å². The van der Waals surface area contributed by atoms with Crippen LogP contribution in [0.1, 0.15) is 30.6 Å². The maximum absolute atomic E-state index is 12.6. The molecule has 0 fully saturated rings. The molecule has 0 aliphatic carbocycles. The van der Waals surface area contributed by atoms with Gasteiger partial charge in [0, 0.05) is 12.1 Å². The molecule has 3 rings (SSSR count). The van der Waals surface area contributed by atoms with Crippen LogP contribution in [0.15, 0.2) is 47.5 Å². The Labute approximate surface area is 155 Å². The van der Waals surface area contributed by atoms with E-state index in [1.165, 1.54) is 11.3 Å². The lowest BCUT2D eigenvalue weighted by Crippen LogP contribution is -2.17. The highest BCUT2D eigenvalue weighted by molar-refractivity contribution is 7.16. The number of halogens is 1. The van der Waals surface area contributed by atoms with Crippen LogP contribution in [0.2, 0.25) is 5.02 Å². The monoisotopic (exact) mass is 374 g/mol. The number of nitrogens with zero attached hydrogens (tertiary/aromatic N) is 2. The van der Waals surface area contributed by atoms with Crippen LogP contribution in [-0.4, -0.2) is 17.1 Å². The standard InChI is InChI=1S/C19H19ClN2O2S/c1-3-12-22-17-15(20)6-5-7-16(17)25-19(22)21-18(23)13-8-10-14(11-9-13)24-4-2/h5-11H,3-4,12H2,1-2H3. The van der Waals surface area contributed by atoms with Gasteiger partial charge in [0.05, 0.1) is 21.8 Å². The molecule has 0 saturated heterocycles. The number of fused-ring (bicyclic) bond motifs is 1. The Morgan fingerprint density at radius 1 is 1.20 bits per heavy atom. The van der Waals surface area contributed by atoms with Crippen LogP contribution in [0.3, 0.4) is 0 Å². The van der Waals surface area contributed by atoms with E-state index < -0.39 is 0 Å². The molecule has 6 heteroatoms. The first kappa shape index (κ1) is 17.7. The summed E-state index contributed by atoms with van der Waals surface area (Å²) < 4.78 is 8.45. The van der Waals surface area contributed by atoms with Gasteiger partial charge in [-0.1, -0.05) is 35.9 Å². The number of hydrogen-bond acceptors (Lipinski definition) is 3. The minimum Gasteiger partial charge on any atom is -0.494 e. The van der Waals surface area contributed by atoms with Gasteiger partial charge in [-0.05, 0) is 49.7 Å². The number of thiazole rings is 1. The van der Waals surface area contributed by atoms with Crippen molar-refractivity contribution < 1.29 is 9.53 Å². The zero-order valence-electron chi connectivity index (χ0n) is 14.2. The summed E-state index contributed by atoms with van der Waals surface area (Å²) in [6.45, 7) is 5.37. The molecule has 0 atom stereocenters. The molecular formula is C19H19ClN2O2S. The average Bonchev–Trinajstić information content (AvgIpc) is 2.95. The van der Waals surface area contributed by atoms with Gasteiger partial charge in [0.1, 0.15) is 5.75 Å². The second-order valence-corrected chi connectivity index (χ2v) is 6.91. The minimum atomic E-state index is -0.268. The zero-order chi connectivity index (χ0) is 17.8. The predicted octanol–water partition coefficient (Wildman–Crippen LogP) is 4.91. The molecule has 0 bridgehead atoms. The number of hydrogen-bond donors (Lipinski definition) is 0. The number of ether oxygens (including phenoxy) is 1. The third kappa shape index (κ3) is 3.78. The second-order valence-electron chi connectivity index (χ2n) is 5.50. The molecule has 0 N–H and O–H groups in total. The van der Waals surface area contributed by atoms with E-state index in [1.807, 2.05) is 29.7 Å². The quantitative estimate of drug-likeness (QED) is 0.637. The van der Waals surface area contributed by atoms with E-state index in [2.05, 4.69) is 11.9 Å². The number of rotatable bonds is 5. The highest BCUT2D eigenvalue weighted by atomic mass is 35.5. The van der Waals surface area contributed by atoms with Crippen molar-refractivity contribution in [1.82, 2.24) is 4.57 Å². The molecule has 0 unspecified atom stereocenters. The van der Waals surface area contributed by atoms with Crippen molar-refractivity contribution in [3.05, 3.63) is 57.9 Å². The Kier molecular flexibility index (Phi) is 5.56. The van der Waals surface area contributed by atoms with Crippen molar-refractivity contribution in [2.45, 2.75) is 26.8 Å². The Hall–Kier alpha value is -2.11. The Balaban J connectivity index is 2.03. The van der Waals surface area contributed by atoms with Gasteiger partial charge in [-0.15, -0.1) is 0 Å². The van der Waals surface area contributed by atoms with Crippen LogP contribution in [0.5, 0.6) is 5.75 Å². The van der Waals surface area contributed by atoms with Gasteiger partial charge in [0.2, 0.25) is 0 Å². The summed E-state index contributed by atoms with van der Waals surface area (Å²) in [5.74, 6) is 0.476. The van der Waals surface area contributed by atoms with E-state index >= 15 is 0 Å². The molecule has 0 aliphatic heterocycles. The first-order valence-corrected chi connectivity index (χ1v) is 9.43. The summed E-state index contributed by atoms with van der Waals surface area (Å²) in [6, 6.07) is 12.8. The van der Waals surface area contributed by atoms with Crippen molar-refractivity contribution in [3.63, 3.8) is 0 Å². The molecule has 0 saturated carbocycles. The maximum atomic E-state index is 12.6. The van der Waals surface area contributed by atoms with Crippen molar-refractivity contribution in [2.75, 3.05) is 6.61 Å². The first-order valence-electron chi connectivity index (χ1n) is 8.23. The van der Waals surface area contributed by atoms with Crippen LogP contribution in [0, 0.1) is 0 Å². The van der Waals surface area contributed by atoms with E-state index in [9.17, 15) is 4.79 Å². The molecule has 130 valence electrons. The van der Waals surface area contributed by atoms with Crippen molar-refractivity contribution in [1.29, 1.82) is 0 Å². The summed E-state index contributed by atoms with van der Waals surface area (Å²) in [5.41, 5.74) is 1.48. The van der Waals surface area contributed by atoms with Gasteiger partial charge >= 0.3 is 0 Å². The zero-order valence-corrected chi connectivity index (χ0v) is 15.7. The van der Waals surface area contributed by atoms with Crippen molar-refractivity contribution >= 4 is 39.1 Å².